The first-order chi connectivity index (χ1) is 14.6. The molecule has 1 aliphatic heterocycles. The smallest absolute Gasteiger partial charge is 0.342 e. The van der Waals surface area contributed by atoms with Gasteiger partial charge in [-0.1, -0.05) is 32.1 Å². The standard InChI is InChI=1S/C24H32O7/c1-15-4-7-18-23(2,17(15)6-5-16-11-13-30-22(16)29)12-10-19(24(18,3)14-25)31-21(28)9-8-20(26)27/h5,11,13,17-19,25H,1,4,6-10,12,14H2,2-3H3,(H,26,27). The first-order valence-electron chi connectivity index (χ1n) is 10.9. The maximum atomic E-state index is 12.2. The number of rotatable bonds is 7. The number of aliphatic hydroxyl groups excluding tert-OH is 1. The van der Waals surface area contributed by atoms with Gasteiger partial charge in [0.25, 0.3) is 0 Å². The highest BCUT2D eigenvalue weighted by Crippen LogP contribution is 2.62. The van der Waals surface area contributed by atoms with E-state index in [2.05, 4.69) is 13.5 Å². The summed E-state index contributed by atoms with van der Waals surface area (Å²) in [6.07, 6.45) is 7.74. The Labute approximate surface area is 182 Å². The molecule has 3 aliphatic rings. The SMILES string of the molecule is C=C1CCC2C(C)(CO)C(OC(=O)CCC(=O)O)CCC2(C)C1CC=C1C=COC1=O. The number of carboxylic acid groups (broad SMARTS) is 1. The molecule has 170 valence electrons. The summed E-state index contributed by atoms with van der Waals surface area (Å²) >= 11 is 0. The summed E-state index contributed by atoms with van der Waals surface area (Å²) in [6.45, 7) is 8.36. The number of hydrogen-bond acceptors (Lipinski definition) is 6. The molecule has 3 rings (SSSR count). The van der Waals surface area contributed by atoms with Crippen molar-refractivity contribution in [3.8, 4) is 0 Å². The third-order valence-corrected chi connectivity index (χ3v) is 7.71. The van der Waals surface area contributed by atoms with Gasteiger partial charge in [0.05, 0.1) is 31.3 Å². The van der Waals surface area contributed by atoms with E-state index in [0.717, 1.165) is 24.8 Å². The van der Waals surface area contributed by atoms with Gasteiger partial charge in [-0.2, -0.15) is 0 Å². The summed E-state index contributed by atoms with van der Waals surface area (Å²) in [4.78, 5) is 34.8. The Morgan fingerprint density at radius 1 is 1.32 bits per heavy atom. The highest BCUT2D eigenvalue weighted by atomic mass is 16.5. The molecule has 1 heterocycles. The van der Waals surface area contributed by atoms with Gasteiger partial charge in [0.2, 0.25) is 0 Å². The normalized spacial score (nSPS) is 36.2. The molecular weight excluding hydrogens is 400 g/mol. The zero-order valence-corrected chi connectivity index (χ0v) is 18.3. The first-order valence-corrected chi connectivity index (χ1v) is 10.9. The molecule has 0 saturated heterocycles. The van der Waals surface area contributed by atoms with Gasteiger partial charge in [-0.25, -0.2) is 4.79 Å². The molecule has 5 atom stereocenters. The van der Waals surface area contributed by atoms with Crippen LogP contribution in [0.15, 0.2) is 36.1 Å². The molecule has 0 aromatic heterocycles. The number of allylic oxidation sites excluding steroid dienone is 2. The number of hydrogen-bond donors (Lipinski definition) is 2. The van der Waals surface area contributed by atoms with Crippen LogP contribution in [0.5, 0.6) is 0 Å². The van der Waals surface area contributed by atoms with Crippen molar-refractivity contribution in [2.75, 3.05) is 6.61 Å². The first kappa shape index (κ1) is 23.3. The van der Waals surface area contributed by atoms with Crippen LogP contribution in [0, 0.1) is 22.7 Å². The molecule has 5 unspecified atom stereocenters. The lowest BCUT2D eigenvalue weighted by Gasteiger charge is -2.60. The third-order valence-electron chi connectivity index (χ3n) is 7.71. The maximum absolute atomic E-state index is 12.2. The van der Waals surface area contributed by atoms with E-state index in [1.54, 1.807) is 6.08 Å². The van der Waals surface area contributed by atoms with Crippen molar-refractivity contribution < 1.29 is 34.1 Å². The Bertz CT molecular complexity index is 826. The van der Waals surface area contributed by atoms with Crippen LogP contribution in [0.3, 0.4) is 0 Å². The van der Waals surface area contributed by atoms with Gasteiger partial charge in [-0.3, -0.25) is 9.59 Å². The Morgan fingerprint density at radius 3 is 2.68 bits per heavy atom. The predicted octanol–water partition coefficient (Wildman–Crippen LogP) is 3.53. The largest absolute Gasteiger partial charge is 0.481 e. The van der Waals surface area contributed by atoms with Gasteiger partial charge in [0.15, 0.2) is 0 Å². The summed E-state index contributed by atoms with van der Waals surface area (Å²) < 4.78 is 10.6. The lowest BCUT2D eigenvalue weighted by atomic mass is 9.46. The number of aliphatic carboxylic acids is 1. The summed E-state index contributed by atoms with van der Waals surface area (Å²) in [6, 6.07) is 0. The molecule has 2 fully saturated rings. The maximum Gasteiger partial charge on any atom is 0.342 e. The topological polar surface area (TPSA) is 110 Å². The van der Waals surface area contributed by atoms with Gasteiger partial charge >= 0.3 is 17.9 Å². The molecule has 2 aliphatic carbocycles. The average molecular weight is 433 g/mol. The van der Waals surface area contributed by atoms with Crippen LogP contribution in [-0.4, -0.2) is 40.8 Å². The van der Waals surface area contributed by atoms with E-state index >= 15 is 0 Å². The number of aliphatic hydroxyl groups is 1. The highest BCUT2D eigenvalue weighted by molar-refractivity contribution is 5.94. The monoisotopic (exact) mass is 432 g/mol. The zero-order valence-electron chi connectivity index (χ0n) is 18.3. The Hall–Kier alpha value is -2.41. The fourth-order valence-electron chi connectivity index (χ4n) is 5.94. The van der Waals surface area contributed by atoms with Crippen LogP contribution in [0.2, 0.25) is 0 Å². The minimum absolute atomic E-state index is 0.0935. The second-order valence-electron chi connectivity index (χ2n) is 9.49. The number of fused-ring (bicyclic) bond motifs is 1. The van der Waals surface area contributed by atoms with Gasteiger partial charge in [0, 0.05) is 5.41 Å². The molecule has 0 amide bonds. The van der Waals surface area contributed by atoms with Crippen LogP contribution >= 0.6 is 0 Å². The Kier molecular flexibility index (Phi) is 6.74. The third kappa shape index (κ3) is 4.47. The lowest BCUT2D eigenvalue weighted by molar-refractivity contribution is -0.187. The van der Waals surface area contributed by atoms with Crippen LogP contribution in [-0.2, 0) is 23.9 Å². The number of carbonyl (C=O) groups excluding carboxylic acids is 2. The van der Waals surface area contributed by atoms with Crippen molar-refractivity contribution in [1.82, 2.24) is 0 Å². The molecule has 0 aromatic rings. The summed E-state index contributed by atoms with van der Waals surface area (Å²) in [5.41, 5.74) is 0.886. The molecule has 31 heavy (non-hydrogen) atoms. The van der Waals surface area contributed by atoms with Gasteiger partial charge in [-0.15, -0.1) is 0 Å². The van der Waals surface area contributed by atoms with Gasteiger partial charge in [-0.05, 0) is 55.4 Å². The fraction of sp³-hybridized carbons (Fsp3) is 0.625. The average Bonchev–Trinajstić information content (AvgIpc) is 3.13. The van der Waals surface area contributed by atoms with Crippen LogP contribution in [0.4, 0.5) is 0 Å². The number of ether oxygens (including phenoxy) is 2. The van der Waals surface area contributed by atoms with E-state index < -0.39 is 23.5 Å². The van der Waals surface area contributed by atoms with E-state index in [4.69, 9.17) is 14.6 Å². The number of cyclic esters (lactones) is 1. The second-order valence-corrected chi connectivity index (χ2v) is 9.49. The van der Waals surface area contributed by atoms with Crippen LogP contribution < -0.4 is 0 Å². The van der Waals surface area contributed by atoms with E-state index in [1.165, 1.54) is 6.26 Å². The number of carboxylic acids is 1. The molecule has 7 nitrogen and oxygen atoms in total. The summed E-state index contributed by atoms with van der Waals surface area (Å²) in [7, 11) is 0. The van der Waals surface area contributed by atoms with E-state index in [9.17, 15) is 19.5 Å². The van der Waals surface area contributed by atoms with E-state index in [1.807, 2.05) is 13.0 Å². The van der Waals surface area contributed by atoms with Crippen LogP contribution in [0.1, 0.15) is 58.8 Å². The molecule has 2 saturated carbocycles. The highest BCUT2D eigenvalue weighted by Gasteiger charge is 2.58. The van der Waals surface area contributed by atoms with E-state index in [0.29, 0.717) is 18.4 Å². The lowest BCUT2D eigenvalue weighted by Crippen LogP contribution is -2.58. The molecule has 0 radical (unpaired) electrons. The minimum Gasteiger partial charge on any atom is -0.481 e. The van der Waals surface area contributed by atoms with Crippen molar-refractivity contribution in [1.29, 1.82) is 0 Å². The molecule has 0 spiro atoms. The van der Waals surface area contributed by atoms with Crippen molar-refractivity contribution in [3.05, 3.63) is 36.1 Å². The molecular formula is C24H32O7. The predicted molar refractivity (Wildman–Crippen MR) is 113 cm³/mol. The minimum atomic E-state index is -1.04. The van der Waals surface area contributed by atoms with E-state index in [-0.39, 0.29) is 42.7 Å². The molecule has 7 heteroatoms. The number of esters is 2. The fourth-order valence-corrected chi connectivity index (χ4v) is 5.94. The van der Waals surface area contributed by atoms with Crippen molar-refractivity contribution in [2.24, 2.45) is 22.7 Å². The van der Waals surface area contributed by atoms with Gasteiger partial charge < -0.3 is 19.7 Å². The Morgan fingerprint density at radius 2 is 2.06 bits per heavy atom. The second kappa shape index (κ2) is 8.99. The summed E-state index contributed by atoms with van der Waals surface area (Å²) in [5.74, 6) is -1.70. The zero-order chi connectivity index (χ0) is 22.8. The van der Waals surface area contributed by atoms with Crippen molar-refractivity contribution >= 4 is 17.9 Å². The number of carbonyl (C=O) groups is 3. The van der Waals surface area contributed by atoms with Crippen molar-refractivity contribution in [3.63, 3.8) is 0 Å². The summed E-state index contributed by atoms with van der Waals surface area (Å²) in [5, 5.41) is 19.2. The quantitative estimate of drug-likeness (QED) is 0.360. The Balaban J connectivity index is 1.80. The molecule has 0 aromatic carbocycles. The molecule has 2 N–H and O–H groups in total. The van der Waals surface area contributed by atoms with Crippen LogP contribution in [0.25, 0.3) is 0 Å². The van der Waals surface area contributed by atoms with Crippen molar-refractivity contribution in [2.45, 2.75) is 64.9 Å². The van der Waals surface area contributed by atoms with Gasteiger partial charge in [0.1, 0.15) is 6.10 Å². The molecule has 0 bridgehead atoms.